The van der Waals surface area contributed by atoms with Gasteiger partial charge in [-0.05, 0) is 42.4 Å². The van der Waals surface area contributed by atoms with Crippen molar-refractivity contribution in [2.24, 2.45) is 11.3 Å². The Balaban J connectivity index is 1.82. The van der Waals surface area contributed by atoms with Crippen LogP contribution < -0.4 is 5.32 Å². The van der Waals surface area contributed by atoms with Crippen molar-refractivity contribution in [1.29, 1.82) is 0 Å². The first-order valence-corrected chi connectivity index (χ1v) is 8.52. The molecule has 0 bridgehead atoms. The predicted octanol–water partition coefficient (Wildman–Crippen LogP) is 5.10. The van der Waals surface area contributed by atoms with Gasteiger partial charge >= 0.3 is 6.18 Å². The third kappa shape index (κ3) is 3.76. The van der Waals surface area contributed by atoms with E-state index in [-0.39, 0.29) is 16.8 Å². The van der Waals surface area contributed by atoms with E-state index in [2.05, 4.69) is 31.2 Å². The second-order valence-corrected chi connectivity index (χ2v) is 7.77. The smallest absolute Gasteiger partial charge is 0.360 e. The Morgan fingerprint density at radius 2 is 2.00 bits per heavy atom. The Bertz CT molecular complexity index is 819. The maximum Gasteiger partial charge on any atom is 0.416 e. The van der Waals surface area contributed by atoms with Gasteiger partial charge in [-0.1, -0.05) is 32.0 Å². The van der Waals surface area contributed by atoms with E-state index in [9.17, 15) is 18.0 Å². The van der Waals surface area contributed by atoms with Gasteiger partial charge in [-0.15, -0.1) is 0 Å². The molecule has 1 heterocycles. The summed E-state index contributed by atoms with van der Waals surface area (Å²) in [4.78, 5) is 12.5. The molecule has 0 radical (unpaired) electrons. The minimum absolute atomic E-state index is 0.0738. The van der Waals surface area contributed by atoms with Crippen LogP contribution in [0.4, 0.5) is 18.9 Å². The number of aromatic nitrogens is 1. The van der Waals surface area contributed by atoms with E-state index in [0.717, 1.165) is 24.1 Å². The van der Waals surface area contributed by atoms with Crippen molar-refractivity contribution in [3.05, 3.63) is 46.8 Å². The standard InChI is InChI=1S/C19H21F3N2O2/c1-18(2,3)11-7-8-15-14(10-11)16(24-26-15)17(25)23-13-6-4-5-12(9-13)19(20,21)22/h4-6,9,11H,7-8,10H2,1-3H3,(H,23,25). The van der Waals surface area contributed by atoms with Crippen LogP contribution in [0.2, 0.25) is 0 Å². The van der Waals surface area contributed by atoms with Crippen molar-refractivity contribution in [2.45, 2.75) is 46.2 Å². The number of halogens is 3. The molecule has 1 aliphatic rings. The summed E-state index contributed by atoms with van der Waals surface area (Å²) in [5, 5.41) is 6.37. The molecule has 2 aromatic rings. The maximum absolute atomic E-state index is 12.8. The number of hydrogen-bond donors (Lipinski definition) is 1. The van der Waals surface area contributed by atoms with Crippen molar-refractivity contribution in [3.63, 3.8) is 0 Å². The second-order valence-electron chi connectivity index (χ2n) is 7.77. The molecule has 1 aromatic heterocycles. The normalized spacial score (nSPS) is 17.7. The summed E-state index contributed by atoms with van der Waals surface area (Å²) in [6.07, 6.45) is -2.12. The zero-order valence-electron chi connectivity index (χ0n) is 14.9. The van der Waals surface area contributed by atoms with Gasteiger partial charge in [-0.3, -0.25) is 4.79 Å². The lowest BCUT2D eigenvalue weighted by molar-refractivity contribution is -0.137. The van der Waals surface area contributed by atoms with Gasteiger partial charge in [0.05, 0.1) is 5.56 Å². The fourth-order valence-corrected chi connectivity index (χ4v) is 3.29. The highest BCUT2D eigenvalue weighted by molar-refractivity contribution is 6.04. The summed E-state index contributed by atoms with van der Waals surface area (Å²) in [7, 11) is 0. The fourth-order valence-electron chi connectivity index (χ4n) is 3.29. The number of benzene rings is 1. The zero-order chi connectivity index (χ0) is 19.1. The minimum Gasteiger partial charge on any atom is -0.360 e. The number of fused-ring (bicyclic) bond motifs is 1. The van der Waals surface area contributed by atoms with Crippen molar-refractivity contribution >= 4 is 11.6 Å². The van der Waals surface area contributed by atoms with Crippen LogP contribution in [0.25, 0.3) is 0 Å². The highest BCUT2D eigenvalue weighted by atomic mass is 19.4. The van der Waals surface area contributed by atoms with Crippen molar-refractivity contribution in [2.75, 3.05) is 5.32 Å². The summed E-state index contributed by atoms with van der Waals surface area (Å²) in [5.74, 6) is 0.526. The van der Waals surface area contributed by atoms with Gasteiger partial charge in [0.1, 0.15) is 5.76 Å². The van der Waals surface area contributed by atoms with E-state index >= 15 is 0 Å². The topological polar surface area (TPSA) is 55.1 Å². The highest BCUT2D eigenvalue weighted by Gasteiger charge is 2.34. The Hall–Kier alpha value is -2.31. The second kappa shape index (κ2) is 6.45. The summed E-state index contributed by atoms with van der Waals surface area (Å²) in [5.41, 5.74) is 0.270. The van der Waals surface area contributed by atoms with Gasteiger partial charge in [0.25, 0.3) is 5.91 Å². The first kappa shape index (κ1) is 18.5. The summed E-state index contributed by atoms with van der Waals surface area (Å²) >= 11 is 0. The van der Waals surface area contributed by atoms with E-state index in [0.29, 0.717) is 24.5 Å². The SMILES string of the molecule is CC(C)(C)C1CCc2onc(C(=O)Nc3cccc(C(F)(F)F)c3)c2C1. The number of amides is 1. The molecule has 4 nitrogen and oxygen atoms in total. The molecule has 26 heavy (non-hydrogen) atoms. The van der Waals surface area contributed by atoms with Gasteiger partial charge in [-0.2, -0.15) is 13.2 Å². The lowest BCUT2D eigenvalue weighted by Gasteiger charge is -2.33. The van der Waals surface area contributed by atoms with Crippen molar-refractivity contribution in [1.82, 2.24) is 5.16 Å². The molecule has 0 aliphatic heterocycles. The number of hydrogen-bond acceptors (Lipinski definition) is 3. The lowest BCUT2D eigenvalue weighted by Crippen LogP contribution is -2.27. The van der Waals surface area contributed by atoms with Crippen LogP contribution in [-0.4, -0.2) is 11.1 Å². The Kier molecular flexibility index (Phi) is 4.58. The molecule has 0 saturated heterocycles. The van der Waals surface area contributed by atoms with Gasteiger partial charge in [-0.25, -0.2) is 0 Å². The molecule has 140 valence electrons. The van der Waals surface area contributed by atoms with E-state index in [4.69, 9.17) is 4.52 Å². The molecular weight excluding hydrogens is 345 g/mol. The van der Waals surface area contributed by atoms with E-state index in [1.165, 1.54) is 12.1 Å². The fraction of sp³-hybridized carbons (Fsp3) is 0.474. The van der Waals surface area contributed by atoms with Crippen LogP contribution in [0.5, 0.6) is 0 Å². The van der Waals surface area contributed by atoms with Crippen molar-refractivity contribution < 1.29 is 22.5 Å². The Morgan fingerprint density at radius 3 is 2.65 bits per heavy atom. The third-order valence-electron chi connectivity index (χ3n) is 4.93. The largest absolute Gasteiger partial charge is 0.416 e. The van der Waals surface area contributed by atoms with Crippen LogP contribution in [0.1, 0.15) is 54.6 Å². The van der Waals surface area contributed by atoms with Gasteiger partial charge in [0, 0.05) is 17.7 Å². The first-order chi connectivity index (χ1) is 12.1. The number of aryl methyl sites for hydroxylation is 1. The first-order valence-electron chi connectivity index (χ1n) is 8.52. The quantitative estimate of drug-likeness (QED) is 0.805. The maximum atomic E-state index is 12.8. The summed E-state index contributed by atoms with van der Waals surface area (Å²) < 4.78 is 43.7. The van der Waals surface area contributed by atoms with Crippen molar-refractivity contribution in [3.8, 4) is 0 Å². The van der Waals surface area contributed by atoms with Crippen LogP contribution in [0.15, 0.2) is 28.8 Å². The van der Waals surface area contributed by atoms with E-state index in [1.807, 2.05) is 0 Å². The number of carbonyl (C=O) groups excluding carboxylic acids is 1. The molecule has 1 aliphatic carbocycles. The van der Waals surface area contributed by atoms with Crippen LogP contribution in [-0.2, 0) is 19.0 Å². The Labute approximate surface area is 149 Å². The zero-order valence-corrected chi connectivity index (χ0v) is 14.9. The molecular formula is C19H21F3N2O2. The van der Waals surface area contributed by atoms with Gasteiger partial charge in [0.15, 0.2) is 5.69 Å². The summed E-state index contributed by atoms with van der Waals surface area (Å²) in [6, 6.07) is 4.54. The average molecular weight is 366 g/mol. The van der Waals surface area contributed by atoms with Gasteiger partial charge < -0.3 is 9.84 Å². The number of rotatable bonds is 2. The molecule has 1 N–H and O–H groups in total. The van der Waals surface area contributed by atoms with Gasteiger partial charge in [0.2, 0.25) is 0 Å². The third-order valence-corrected chi connectivity index (χ3v) is 4.93. The lowest BCUT2D eigenvalue weighted by atomic mass is 9.71. The van der Waals surface area contributed by atoms with E-state index in [1.54, 1.807) is 0 Å². The monoisotopic (exact) mass is 366 g/mol. The minimum atomic E-state index is -4.46. The number of nitrogens with one attached hydrogen (secondary N) is 1. The molecule has 1 aromatic carbocycles. The molecule has 7 heteroatoms. The van der Waals surface area contributed by atoms with Crippen LogP contribution in [0, 0.1) is 11.3 Å². The number of anilines is 1. The average Bonchev–Trinajstić information content (AvgIpc) is 2.96. The predicted molar refractivity (Wildman–Crippen MR) is 90.9 cm³/mol. The number of nitrogens with zero attached hydrogens (tertiary/aromatic N) is 1. The molecule has 0 saturated carbocycles. The Morgan fingerprint density at radius 1 is 1.27 bits per heavy atom. The number of carbonyl (C=O) groups is 1. The summed E-state index contributed by atoms with van der Waals surface area (Å²) in [6.45, 7) is 6.45. The molecule has 0 fully saturated rings. The van der Waals surface area contributed by atoms with Crippen LogP contribution in [0.3, 0.4) is 0 Å². The molecule has 0 spiro atoms. The van der Waals surface area contributed by atoms with E-state index < -0.39 is 17.6 Å². The van der Waals surface area contributed by atoms with Crippen LogP contribution >= 0.6 is 0 Å². The molecule has 1 amide bonds. The number of alkyl halides is 3. The molecule has 1 atom stereocenters. The molecule has 1 unspecified atom stereocenters. The highest BCUT2D eigenvalue weighted by Crippen LogP contribution is 2.38. The molecule has 3 rings (SSSR count).